The van der Waals surface area contributed by atoms with E-state index >= 15 is 0 Å². The molecule has 0 saturated carbocycles. The highest BCUT2D eigenvalue weighted by Gasteiger charge is 2.27. The molecule has 2 aromatic heterocycles. The van der Waals surface area contributed by atoms with Crippen LogP contribution in [0.3, 0.4) is 0 Å². The molecule has 10 heteroatoms. The normalized spacial score (nSPS) is 18.2. The molecule has 182 valence electrons. The van der Waals surface area contributed by atoms with Crippen LogP contribution in [0.15, 0.2) is 23.0 Å². The summed E-state index contributed by atoms with van der Waals surface area (Å²) in [6.45, 7) is 9.86. The summed E-state index contributed by atoms with van der Waals surface area (Å²) < 4.78 is 19.2. The van der Waals surface area contributed by atoms with E-state index in [1.54, 1.807) is 0 Å². The van der Waals surface area contributed by atoms with E-state index in [1.165, 1.54) is 0 Å². The second kappa shape index (κ2) is 9.34. The van der Waals surface area contributed by atoms with Gasteiger partial charge < -0.3 is 19.2 Å². The van der Waals surface area contributed by atoms with Crippen molar-refractivity contribution in [1.29, 1.82) is 0 Å². The topological polar surface area (TPSA) is 107 Å². The first-order valence-corrected chi connectivity index (χ1v) is 12.0. The third-order valence-corrected chi connectivity index (χ3v) is 6.80. The molecule has 5 rings (SSSR count). The molecule has 10 nitrogen and oxygen atoms in total. The van der Waals surface area contributed by atoms with Crippen molar-refractivity contribution in [3.8, 4) is 11.5 Å². The fourth-order valence-corrected chi connectivity index (χ4v) is 4.53. The Hall–Kier alpha value is -2.98. The van der Waals surface area contributed by atoms with Crippen molar-refractivity contribution < 1.29 is 14.2 Å². The summed E-state index contributed by atoms with van der Waals surface area (Å²) in [6, 6.07) is 5.70. The number of ether oxygens (including phenoxy) is 3. The smallest absolute Gasteiger partial charge is 0.252 e. The van der Waals surface area contributed by atoms with Crippen LogP contribution >= 0.6 is 0 Å². The minimum Gasteiger partial charge on any atom is -0.486 e. The van der Waals surface area contributed by atoms with Crippen molar-refractivity contribution in [2.45, 2.75) is 64.8 Å². The lowest BCUT2D eigenvalue weighted by Gasteiger charge is -2.28. The Balaban J connectivity index is 1.44. The average Bonchev–Trinajstić information content (AvgIpc) is 3.51. The van der Waals surface area contributed by atoms with Gasteiger partial charge in [0, 0.05) is 36.7 Å². The zero-order valence-electron chi connectivity index (χ0n) is 20.0. The van der Waals surface area contributed by atoms with Gasteiger partial charge in [-0.05, 0) is 55.7 Å². The van der Waals surface area contributed by atoms with Gasteiger partial charge in [-0.1, -0.05) is 6.92 Å². The molecule has 1 saturated heterocycles. The highest BCUT2D eigenvalue weighted by molar-refractivity contribution is 5.83. The van der Waals surface area contributed by atoms with Gasteiger partial charge in [0.05, 0.1) is 23.7 Å². The Morgan fingerprint density at radius 2 is 1.94 bits per heavy atom. The molecule has 0 bridgehead atoms. The Labute approximate surface area is 198 Å². The predicted molar refractivity (Wildman–Crippen MR) is 126 cm³/mol. The van der Waals surface area contributed by atoms with Crippen LogP contribution in [0.1, 0.15) is 51.4 Å². The molecule has 1 fully saturated rings. The zero-order chi connectivity index (χ0) is 23.7. The van der Waals surface area contributed by atoms with E-state index in [9.17, 15) is 4.79 Å². The van der Waals surface area contributed by atoms with E-state index in [2.05, 4.69) is 46.2 Å². The molecular weight excluding hydrogens is 436 g/mol. The van der Waals surface area contributed by atoms with Crippen molar-refractivity contribution in [1.82, 2.24) is 30.1 Å². The van der Waals surface area contributed by atoms with Crippen LogP contribution in [0.25, 0.3) is 10.9 Å². The summed E-state index contributed by atoms with van der Waals surface area (Å²) in [5.74, 6) is 2.14. The first-order chi connectivity index (χ1) is 16.4. The van der Waals surface area contributed by atoms with Crippen LogP contribution in [0.2, 0.25) is 0 Å². The quantitative estimate of drug-likeness (QED) is 0.538. The van der Waals surface area contributed by atoms with Crippen molar-refractivity contribution in [3.05, 3.63) is 39.9 Å². The molecule has 0 amide bonds. The molecule has 1 N–H and O–H groups in total. The summed E-state index contributed by atoms with van der Waals surface area (Å²) in [5, 5.41) is 13.4. The summed E-state index contributed by atoms with van der Waals surface area (Å²) >= 11 is 0. The maximum Gasteiger partial charge on any atom is 0.252 e. The van der Waals surface area contributed by atoms with Gasteiger partial charge in [-0.3, -0.25) is 9.69 Å². The number of rotatable bonds is 8. The van der Waals surface area contributed by atoms with Crippen molar-refractivity contribution in [2.24, 2.45) is 0 Å². The average molecular weight is 469 g/mol. The van der Waals surface area contributed by atoms with Crippen LogP contribution in [-0.2, 0) is 23.4 Å². The summed E-state index contributed by atoms with van der Waals surface area (Å²) in [7, 11) is 0. The van der Waals surface area contributed by atoms with Gasteiger partial charge >= 0.3 is 0 Å². The number of fused-ring (bicyclic) bond motifs is 2. The lowest BCUT2D eigenvalue weighted by atomic mass is 10.0. The minimum atomic E-state index is -0.198. The number of hydrogen-bond donors (Lipinski definition) is 1. The van der Waals surface area contributed by atoms with Crippen LogP contribution in [0, 0.1) is 0 Å². The molecule has 4 heterocycles. The Morgan fingerprint density at radius 3 is 2.68 bits per heavy atom. The van der Waals surface area contributed by atoms with E-state index in [4.69, 9.17) is 14.2 Å². The van der Waals surface area contributed by atoms with Crippen LogP contribution in [0.5, 0.6) is 11.5 Å². The minimum absolute atomic E-state index is 0.116. The maximum atomic E-state index is 13.0. The maximum absolute atomic E-state index is 13.0. The number of nitrogens with zero attached hydrogens (tertiary/aromatic N) is 5. The molecule has 1 atom stereocenters. The highest BCUT2D eigenvalue weighted by atomic mass is 16.6. The Bertz CT molecular complexity index is 1210. The molecular formula is C24H32N6O4. The third-order valence-electron chi connectivity index (χ3n) is 6.80. The molecule has 1 unspecified atom stereocenters. The highest BCUT2D eigenvalue weighted by Crippen LogP contribution is 2.33. The van der Waals surface area contributed by atoms with E-state index in [0.717, 1.165) is 42.6 Å². The second-order valence-electron chi connectivity index (χ2n) is 9.68. The van der Waals surface area contributed by atoms with Gasteiger partial charge in [-0.2, -0.15) is 0 Å². The molecule has 2 aliphatic heterocycles. The predicted octanol–water partition coefficient (Wildman–Crippen LogP) is 2.61. The molecule has 0 radical (unpaired) electrons. The lowest BCUT2D eigenvalue weighted by molar-refractivity contribution is 0.0655. The molecule has 0 spiro atoms. The number of pyridine rings is 1. The van der Waals surface area contributed by atoms with Gasteiger partial charge in [-0.15, -0.1) is 5.10 Å². The molecule has 34 heavy (non-hydrogen) atoms. The fourth-order valence-electron chi connectivity index (χ4n) is 4.53. The third kappa shape index (κ3) is 4.65. The zero-order valence-corrected chi connectivity index (χ0v) is 20.0. The number of aromatic amines is 1. The van der Waals surface area contributed by atoms with E-state index in [0.29, 0.717) is 49.9 Å². The second-order valence-corrected chi connectivity index (χ2v) is 9.68. The molecule has 3 aromatic rings. The summed E-state index contributed by atoms with van der Waals surface area (Å²) in [4.78, 5) is 18.2. The van der Waals surface area contributed by atoms with Crippen LogP contribution < -0.4 is 15.0 Å². The Kier molecular flexibility index (Phi) is 6.26. The number of tetrazole rings is 1. The number of benzene rings is 1. The SMILES string of the molecule is CCC(C)(C)n1nnnc1CN(Cc1cc2cc3c(cc2[nH]c1=O)OCCO3)CC1CCCO1. The van der Waals surface area contributed by atoms with E-state index in [1.807, 2.05) is 22.9 Å². The fraction of sp³-hybridized carbons (Fsp3) is 0.583. The van der Waals surface area contributed by atoms with Gasteiger partial charge in [0.25, 0.3) is 5.56 Å². The van der Waals surface area contributed by atoms with Gasteiger partial charge in [0.2, 0.25) is 0 Å². The van der Waals surface area contributed by atoms with E-state index in [-0.39, 0.29) is 17.2 Å². The number of nitrogens with one attached hydrogen (secondary N) is 1. The van der Waals surface area contributed by atoms with Crippen molar-refractivity contribution >= 4 is 10.9 Å². The first kappa shape index (κ1) is 22.8. The molecule has 1 aromatic carbocycles. The standard InChI is InChI=1S/C24H32N6O4/c1-4-24(2,3)30-22(26-27-28-30)15-29(14-18-6-5-7-32-18)13-17-10-16-11-20-21(34-9-8-33-20)12-19(16)25-23(17)31/h10-12,18H,4-9,13-15H2,1-3H3,(H,25,31). The van der Waals surface area contributed by atoms with Crippen LogP contribution in [-0.4, -0.2) is 62.6 Å². The van der Waals surface area contributed by atoms with E-state index < -0.39 is 0 Å². The van der Waals surface area contributed by atoms with Crippen molar-refractivity contribution in [2.75, 3.05) is 26.4 Å². The molecule has 2 aliphatic rings. The van der Waals surface area contributed by atoms with Gasteiger partial charge in [0.1, 0.15) is 13.2 Å². The van der Waals surface area contributed by atoms with Gasteiger partial charge in [0.15, 0.2) is 17.3 Å². The Morgan fingerprint density at radius 1 is 1.15 bits per heavy atom. The first-order valence-electron chi connectivity index (χ1n) is 12.0. The number of hydrogen-bond acceptors (Lipinski definition) is 8. The monoisotopic (exact) mass is 468 g/mol. The number of aromatic nitrogens is 5. The van der Waals surface area contributed by atoms with Gasteiger partial charge in [-0.25, -0.2) is 4.68 Å². The largest absolute Gasteiger partial charge is 0.486 e. The summed E-state index contributed by atoms with van der Waals surface area (Å²) in [6.07, 6.45) is 3.11. The van der Waals surface area contributed by atoms with Crippen molar-refractivity contribution in [3.63, 3.8) is 0 Å². The molecule has 0 aliphatic carbocycles. The number of H-pyrrole nitrogens is 1. The summed E-state index contributed by atoms with van der Waals surface area (Å²) in [5.41, 5.74) is 1.10. The van der Waals surface area contributed by atoms with Crippen LogP contribution in [0.4, 0.5) is 0 Å². The lowest BCUT2D eigenvalue weighted by Crippen LogP contribution is -2.36.